The average Bonchev–Trinajstić information content (AvgIpc) is 3.32. The third kappa shape index (κ3) is 4.42. The molecule has 0 saturated carbocycles. The van der Waals surface area contributed by atoms with Crippen molar-refractivity contribution in [2.45, 2.75) is 19.0 Å². The molecule has 0 saturated heterocycles. The summed E-state index contributed by atoms with van der Waals surface area (Å²) in [5, 5.41) is 10.1. The van der Waals surface area contributed by atoms with Crippen molar-refractivity contribution < 1.29 is 9.59 Å². The van der Waals surface area contributed by atoms with Crippen LogP contribution in [0.15, 0.2) is 90.3 Å². The second-order valence-electron chi connectivity index (χ2n) is 7.13. The molecule has 0 aliphatic rings. The Hall–Kier alpha value is -3.44. The number of nitrogens with one attached hydrogen (secondary N) is 2. The van der Waals surface area contributed by atoms with E-state index in [4.69, 9.17) is 0 Å². The first-order chi connectivity index (χ1) is 14.6. The van der Waals surface area contributed by atoms with Crippen LogP contribution in [0, 0.1) is 0 Å². The zero-order valence-corrected chi connectivity index (χ0v) is 17.4. The van der Waals surface area contributed by atoms with Gasteiger partial charge in [0, 0.05) is 0 Å². The standard InChI is InChI=1S/C25H22N2O2S/c1-17(20-14-13-18-8-5-6-11-21(18)16-20)26-25(29)23(19-9-3-2-4-10-19)27-24(28)22-12-7-15-30-22/h2-17,23H,1H3,(H,26,29)(H,27,28). The number of carbonyl (C=O) groups excluding carboxylic acids is 2. The summed E-state index contributed by atoms with van der Waals surface area (Å²) in [6.07, 6.45) is 0. The molecule has 0 radical (unpaired) electrons. The molecule has 1 heterocycles. The van der Waals surface area contributed by atoms with Gasteiger partial charge >= 0.3 is 0 Å². The van der Waals surface area contributed by atoms with Gasteiger partial charge in [0.05, 0.1) is 10.9 Å². The summed E-state index contributed by atoms with van der Waals surface area (Å²) in [6, 6.07) is 26.2. The number of thiophene rings is 1. The normalized spacial score (nSPS) is 12.8. The summed E-state index contributed by atoms with van der Waals surface area (Å²) in [5.74, 6) is -0.501. The largest absolute Gasteiger partial charge is 0.347 e. The third-order valence-corrected chi connectivity index (χ3v) is 5.92. The van der Waals surface area contributed by atoms with Gasteiger partial charge in [0.15, 0.2) is 0 Å². The quantitative estimate of drug-likeness (QED) is 0.453. The molecule has 1 aromatic heterocycles. The monoisotopic (exact) mass is 414 g/mol. The van der Waals surface area contributed by atoms with Crippen LogP contribution in [-0.4, -0.2) is 11.8 Å². The fraction of sp³-hybridized carbons (Fsp3) is 0.120. The Bertz CT molecular complexity index is 1160. The fourth-order valence-electron chi connectivity index (χ4n) is 3.41. The minimum atomic E-state index is -0.774. The van der Waals surface area contributed by atoms with Crippen LogP contribution in [0.25, 0.3) is 10.8 Å². The van der Waals surface area contributed by atoms with Gasteiger partial charge in [-0.3, -0.25) is 9.59 Å². The first-order valence-electron chi connectivity index (χ1n) is 9.80. The summed E-state index contributed by atoms with van der Waals surface area (Å²) in [7, 11) is 0. The van der Waals surface area contributed by atoms with Crippen LogP contribution in [0.5, 0.6) is 0 Å². The summed E-state index contributed by atoms with van der Waals surface area (Å²) in [6.45, 7) is 1.95. The minimum Gasteiger partial charge on any atom is -0.347 e. The summed E-state index contributed by atoms with van der Waals surface area (Å²) < 4.78 is 0. The number of rotatable bonds is 6. The van der Waals surface area contributed by atoms with Gasteiger partial charge in [-0.1, -0.05) is 72.8 Å². The predicted octanol–water partition coefficient (Wildman–Crippen LogP) is 5.25. The van der Waals surface area contributed by atoms with Crippen molar-refractivity contribution in [2.24, 2.45) is 0 Å². The van der Waals surface area contributed by atoms with Gasteiger partial charge in [0.25, 0.3) is 5.91 Å². The highest BCUT2D eigenvalue weighted by atomic mass is 32.1. The van der Waals surface area contributed by atoms with Gasteiger partial charge in [-0.25, -0.2) is 0 Å². The lowest BCUT2D eigenvalue weighted by atomic mass is 10.0. The lowest BCUT2D eigenvalue weighted by molar-refractivity contribution is -0.123. The van der Waals surface area contributed by atoms with Crippen molar-refractivity contribution in [1.82, 2.24) is 10.6 Å². The Morgan fingerprint density at radius 3 is 2.23 bits per heavy atom. The molecular weight excluding hydrogens is 392 g/mol. The molecule has 4 aromatic rings. The summed E-state index contributed by atoms with van der Waals surface area (Å²) in [4.78, 5) is 26.4. The molecule has 0 aliphatic heterocycles. The van der Waals surface area contributed by atoms with Crippen molar-refractivity contribution >= 4 is 33.9 Å². The van der Waals surface area contributed by atoms with Crippen LogP contribution in [-0.2, 0) is 4.79 Å². The minimum absolute atomic E-state index is 0.202. The lowest BCUT2D eigenvalue weighted by Crippen LogP contribution is -2.41. The molecule has 5 heteroatoms. The van der Waals surface area contributed by atoms with E-state index in [2.05, 4.69) is 34.9 Å². The summed E-state index contributed by atoms with van der Waals surface area (Å²) in [5.41, 5.74) is 1.75. The Kier molecular flexibility index (Phi) is 5.91. The van der Waals surface area contributed by atoms with Crippen molar-refractivity contribution in [1.29, 1.82) is 0 Å². The fourth-order valence-corrected chi connectivity index (χ4v) is 4.04. The van der Waals surface area contributed by atoms with E-state index < -0.39 is 6.04 Å². The van der Waals surface area contributed by atoms with Crippen LogP contribution in [0.2, 0.25) is 0 Å². The highest BCUT2D eigenvalue weighted by molar-refractivity contribution is 7.12. The lowest BCUT2D eigenvalue weighted by Gasteiger charge is -2.22. The van der Waals surface area contributed by atoms with Crippen LogP contribution < -0.4 is 10.6 Å². The molecule has 0 aliphatic carbocycles. The van der Waals surface area contributed by atoms with E-state index in [1.165, 1.54) is 11.3 Å². The second-order valence-corrected chi connectivity index (χ2v) is 8.08. The van der Waals surface area contributed by atoms with E-state index in [-0.39, 0.29) is 17.9 Å². The maximum absolute atomic E-state index is 13.2. The van der Waals surface area contributed by atoms with Gasteiger partial charge in [-0.05, 0) is 46.3 Å². The molecule has 2 amide bonds. The zero-order chi connectivity index (χ0) is 20.9. The zero-order valence-electron chi connectivity index (χ0n) is 16.5. The molecule has 3 aromatic carbocycles. The van der Waals surface area contributed by atoms with Crippen LogP contribution >= 0.6 is 11.3 Å². The van der Waals surface area contributed by atoms with E-state index >= 15 is 0 Å². The molecule has 2 N–H and O–H groups in total. The van der Waals surface area contributed by atoms with Crippen molar-refractivity contribution in [2.75, 3.05) is 0 Å². The van der Waals surface area contributed by atoms with Gasteiger partial charge in [-0.2, -0.15) is 0 Å². The highest BCUT2D eigenvalue weighted by Crippen LogP contribution is 2.22. The Labute approximate surface area is 179 Å². The molecule has 30 heavy (non-hydrogen) atoms. The average molecular weight is 415 g/mol. The number of hydrogen-bond acceptors (Lipinski definition) is 3. The molecule has 150 valence electrons. The second kappa shape index (κ2) is 8.93. The third-order valence-electron chi connectivity index (χ3n) is 5.05. The Morgan fingerprint density at radius 2 is 1.50 bits per heavy atom. The Balaban J connectivity index is 1.55. The first kappa shape index (κ1) is 19.9. The molecule has 0 spiro atoms. The van der Waals surface area contributed by atoms with E-state index in [0.717, 1.165) is 21.9 Å². The SMILES string of the molecule is CC(NC(=O)C(NC(=O)c1cccs1)c1ccccc1)c1ccc2ccccc2c1. The van der Waals surface area contributed by atoms with Crippen molar-refractivity contribution in [3.63, 3.8) is 0 Å². The number of carbonyl (C=O) groups is 2. The molecule has 2 atom stereocenters. The molecule has 0 fully saturated rings. The van der Waals surface area contributed by atoms with Crippen LogP contribution in [0.1, 0.15) is 39.8 Å². The van der Waals surface area contributed by atoms with Crippen LogP contribution in [0.3, 0.4) is 0 Å². The van der Waals surface area contributed by atoms with E-state index in [1.54, 1.807) is 6.07 Å². The molecule has 4 rings (SSSR count). The Morgan fingerprint density at radius 1 is 0.767 bits per heavy atom. The van der Waals surface area contributed by atoms with Gasteiger partial charge in [0.1, 0.15) is 6.04 Å². The molecule has 0 bridgehead atoms. The number of hydrogen-bond donors (Lipinski definition) is 2. The van der Waals surface area contributed by atoms with Crippen LogP contribution in [0.4, 0.5) is 0 Å². The summed E-state index contributed by atoms with van der Waals surface area (Å²) >= 11 is 1.35. The highest BCUT2D eigenvalue weighted by Gasteiger charge is 2.25. The van der Waals surface area contributed by atoms with Gasteiger partial charge < -0.3 is 10.6 Å². The number of benzene rings is 3. The predicted molar refractivity (Wildman–Crippen MR) is 121 cm³/mol. The smallest absolute Gasteiger partial charge is 0.262 e. The van der Waals surface area contributed by atoms with Gasteiger partial charge in [0.2, 0.25) is 5.91 Å². The van der Waals surface area contributed by atoms with E-state index in [9.17, 15) is 9.59 Å². The van der Waals surface area contributed by atoms with Gasteiger partial charge in [-0.15, -0.1) is 11.3 Å². The molecule has 2 unspecified atom stereocenters. The number of amides is 2. The van der Waals surface area contributed by atoms with E-state index in [0.29, 0.717) is 4.88 Å². The van der Waals surface area contributed by atoms with E-state index in [1.807, 2.05) is 66.9 Å². The van der Waals surface area contributed by atoms with Crippen molar-refractivity contribution in [3.8, 4) is 0 Å². The maximum Gasteiger partial charge on any atom is 0.262 e. The number of fused-ring (bicyclic) bond motifs is 1. The topological polar surface area (TPSA) is 58.2 Å². The molecular formula is C25H22N2O2S. The van der Waals surface area contributed by atoms with Crippen molar-refractivity contribution in [3.05, 3.63) is 106 Å². The first-order valence-corrected chi connectivity index (χ1v) is 10.7. The molecule has 4 nitrogen and oxygen atoms in total. The maximum atomic E-state index is 13.2.